The lowest BCUT2D eigenvalue weighted by atomic mass is 9.96. The van der Waals surface area contributed by atoms with Crippen molar-refractivity contribution >= 4 is 0 Å². The molecule has 1 aromatic carbocycles. The van der Waals surface area contributed by atoms with Gasteiger partial charge in [-0.2, -0.15) is 0 Å². The Morgan fingerprint density at radius 2 is 1.52 bits per heavy atom. The van der Waals surface area contributed by atoms with Gasteiger partial charge in [-0.1, -0.05) is 39.1 Å². The number of fused-ring (bicyclic) bond motifs is 1. The molecule has 3 rings (SSSR count). The Morgan fingerprint density at radius 1 is 0.905 bits per heavy atom. The van der Waals surface area contributed by atoms with E-state index in [1.165, 1.54) is 36.9 Å². The molecule has 1 aromatic rings. The van der Waals surface area contributed by atoms with Gasteiger partial charge in [-0.25, -0.2) is 0 Å². The normalized spacial score (nSPS) is 25.0. The SMILES string of the molecule is C.C.CC1CCCN1C.CC1Cc2ccccc2CN1C. The third kappa shape index (κ3) is 5.44. The minimum atomic E-state index is 0. The maximum atomic E-state index is 2.41. The molecule has 122 valence electrons. The van der Waals surface area contributed by atoms with Crippen molar-refractivity contribution in [2.24, 2.45) is 0 Å². The summed E-state index contributed by atoms with van der Waals surface area (Å²) in [5, 5.41) is 0. The van der Waals surface area contributed by atoms with Crippen molar-refractivity contribution in [2.45, 2.75) is 66.6 Å². The molecule has 1 fully saturated rings. The van der Waals surface area contributed by atoms with Crippen LogP contribution in [0.25, 0.3) is 0 Å². The Bertz CT molecular complexity index is 365. The van der Waals surface area contributed by atoms with Gasteiger partial charge >= 0.3 is 0 Å². The van der Waals surface area contributed by atoms with E-state index >= 15 is 0 Å². The number of rotatable bonds is 0. The summed E-state index contributed by atoms with van der Waals surface area (Å²) in [6, 6.07) is 10.3. The first-order valence-electron chi connectivity index (χ1n) is 7.55. The lowest BCUT2D eigenvalue weighted by molar-refractivity contribution is 0.231. The molecule has 0 saturated carbocycles. The molecule has 2 aliphatic rings. The van der Waals surface area contributed by atoms with Gasteiger partial charge in [0.15, 0.2) is 0 Å². The summed E-state index contributed by atoms with van der Waals surface area (Å²) < 4.78 is 0. The van der Waals surface area contributed by atoms with Gasteiger partial charge < -0.3 is 4.90 Å². The molecule has 1 saturated heterocycles. The average molecular weight is 293 g/mol. The van der Waals surface area contributed by atoms with E-state index < -0.39 is 0 Å². The fraction of sp³-hybridized carbons (Fsp3) is 0.684. The number of hydrogen-bond donors (Lipinski definition) is 0. The summed E-state index contributed by atoms with van der Waals surface area (Å²) in [6.07, 6.45) is 4.00. The third-order valence-corrected chi connectivity index (χ3v) is 4.69. The van der Waals surface area contributed by atoms with Crippen molar-refractivity contribution < 1.29 is 0 Å². The molecule has 2 heteroatoms. The Hall–Kier alpha value is -0.860. The smallest absolute Gasteiger partial charge is 0.0236 e. The zero-order valence-electron chi connectivity index (χ0n) is 12.9. The van der Waals surface area contributed by atoms with Gasteiger partial charge in [0.2, 0.25) is 0 Å². The molecule has 0 spiro atoms. The van der Waals surface area contributed by atoms with Crippen LogP contribution in [0.2, 0.25) is 0 Å². The van der Waals surface area contributed by atoms with Crippen LogP contribution >= 0.6 is 0 Å². The number of nitrogens with zero attached hydrogens (tertiary/aromatic N) is 2. The van der Waals surface area contributed by atoms with E-state index in [0.717, 1.165) is 12.6 Å². The molecule has 0 N–H and O–H groups in total. The lowest BCUT2D eigenvalue weighted by Crippen LogP contribution is -2.34. The zero-order valence-corrected chi connectivity index (χ0v) is 12.9. The van der Waals surface area contributed by atoms with Crippen molar-refractivity contribution in [1.82, 2.24) is 9.80 Å². The highest BCUT2D eigenvalue weighted by Gasteiger charge is 2.18. The number of likely N-dealkylation sites (tertiary alicyclic amines) is 1. The molecule has 0 amide bonds. The van der Waals surface area contributed by atoms with Crippen LogP contribution in [0, 0.1) is 0 Å². The van der Waals surface area contributed by atoms with Crippen LogP contribution in [0.4, 0.5) is 0 Å². The first kappa shape index (κ1) is 20.1. The van der Waals surface area contributed by atoms with E-state index in [-0.39, 0.29) is 14.9 Å². The number of likely N-dealkylation sites (N-methyl/N-ethyl adjacent to an activating group) is 1. The molecular weight excluding hydrogens is 256 g/mol. The van der Waals surface area contributed by atoms with Gasteiger partial charge in [0.05, 0.1) is 0 Å². The van der Waals surface area contributed by atoms with E-state index in [2.05, 4.69) is 62.0 Å². The van der Waals surface area contributed by atoms with Crippen LogP contribution in [0.1, 0.15) is 52.7 Å². The molecule has 2 atom stereocenters. The predicted molar refractivity (Wildman–Crippen MR) is 95.9 cm³/mol. The van der Waals surface area contributed by atoms with Crippen LogP contribution in [0.15, 0.2) is 24.3 Å². The van der Waals surface area contributed by atoms with Crippen LogP contribution in [0.3, 0.4) is 0 Å². The summed E-state index contributed by atoms with van der Waals surface area (Å²) in [6.45, 7) is 6.99. The van der Waals surface area contributed by atoms with Gasteiger partial charge in [-0.15, -0.1) is 0 Å². The molecule has 0 aliphatic carbocycles. The topological polar surface area (TPSA) is 6.48 Å². The Labute approximate surface area is 133 Å². The van der Waals surface area contributed by atoms with Gasteiger partial charge in [-0.05, 0) is 64.9 Å². The fourth-order valence-corrected chi connectivity index (χ4v) is 2.89. The van der Waals surface area contributed by atoms with E-state index in [1.807, 2.05) is 0 Å². The molecule has 2 unspecified atom stereocenters. The molecular formula is C19H36N2. The minimum Gasteiger partial charge on any atom is -0.304 e. The fourth-order valence-electron chi connectivity index (χ4n) is 2.89. The van der Waals surface area contributed by atoms with Gasteiger partial charge in [0.1, 0.15) is 0 Å². The number of hydrogen-bond acceptors (Lipinski definition) is 2. The Balaban J connectivity index is 0.000000389. The lowest BCUT2D eigenvalue weighted by Gasteiger charge is -2.31. The largest absolute Gasteiger partial charge is 0.304 e. The van der Waals surface area contributed by atoms with Crippen LogP contribution in [0.5, 0.6) is 0 Å². The van der Waals surface area contributed by atoms with Crippen LogP contribution in [-0.2, 0) is 13.0 Å². The summed E-state index contributed by atoms with van der Waals surface area (Å²) in [7, 11) is 4.39. The van der Waals surface area contributed by atoms with Crippen molar-refractivity contribution in [1.29, 1.82) is 0 Å². The maximum Gasteiger partial charge on any atom is 0.0236 e. The zero-order chi connectivity index (χ0) is 13.8. The van der Waals surface area contributed by atoms with Crippen molar-refractivity contribution in [2.75, 3.05) is 20.6 Å². The van der Waals surface area contributed by atoms with Gasteiger partial charge in [-0.3, -0.25) is 4.90 Å². The summed E-state index contributed by atoms with van der Waals surface area (Å²) in [5.74, 6) is 0. The standard InChI is InChI=1S/C11H15N.C6H13N.2CH4/c1-9-7-10-5-3-4-6-11(10)8-12(9)2;1-6-4-3-5-7(6)2;;/h3-6,9H,7-8H2,1-2H3;6H,3-5H2,1-2H3;2*1H4. The first-order chi connectivity index (χ1) is 9.08. The third-order valence-electron chi connectivity index (χ3n) is 4.69. The second kappa shape index (κ2) is 9.22. The predicted octanol–water partition coefficient (Wildman–Crippen LogP) is 4.44. The quantitative estimate of drug-likeness (QED) is 0.697. The van der Waals surface area contributed by atoms with Crippen molar-refractivity contribution in [3.63, 3.8) is 0 Å². The molecule has 2 nitrogen and oxygen atoms in total. The van der Waals surface area contributed by atoms with E-state index in [1.54, 1.807) is 0 Å². The highest BCUT2D eigenvalue weighted by molar-refractivity contribution is 5.29. The number of benzene rings is 1. The van der Waals surface area contributed by atoms with E-state index in [4.69, 9.17) is 0 Å². The summed E-state index contributed by atoms with van der Waals surface area (Å²) in [5.41, 5.74) is 3.03. The molecule has 21 heavy (non-hydrogen) atoms. The van der Waals surface area contributed by atoms with Crippen molar-refractivity contribution in [3.8, 4) is 0 Å². The highest BCUT2D eigenvalue weighted by Crippen LogP contribution is 2.21. The van der Waals surface area contributed by atoms with Gasteiger partial charge in [0, 0.05) is 18.6 Å². The maximum absolute atomic E-state index is 2.41. The van der Waals surface area contributed by atoms with E-state index in [9.17, 15) is 0 Å². The first-order valence-corrected chi connectivity index (χ1v) is 7.55. The Kier molecular flexibility index (Phi) is 8.84. The molecule has 2 heterocycles. The molecule has 2 aliphatic heterocycles. The second-order valence-electron chi connectivity index (χ2n) is 6.21. The highest BCUT2D eigenvalue weighted by atomic mass is 15.1. The van der Waals surface area contributed by atoms with E-state index in [0.29, 0.717) is 6.04 Å². The minimum absolute atomic E-state index is 0. The van der Waals surface area contributed by atoms with Gasteiger partial charge in [0.25, 0.3) is 0 Å². The summed E-state index contributed by atoms with van der Waals surface area (Å²) in [4.78, 5) is 4.81. The monoisotopic (exact) mass is 292 g/mol. The Morgan fingerprint density at radius 3 is 2.00 bits per heavy atom. The average Bonchev–Trinajstić information content (AvgIpc) is 2.76. The van der Waals surface area contributed by atoms with Crippen LogP contribution in [-0.4, -0.2) is 42.5 Å². The summed E-state index contributed by atoms with van der Waals surface area (Å²) >= 11 is 0. The molecule has 0 aromatic heterocycles. The molecule has 0 bridgehead atoms. The second-order valence-corrected chi connectivity index (χ2v) is 6.21. The molecule has 0 radical (unpaired) electrons. The van der Waals surface area contributed by atoms with Crippen LogP contribution < -0.4 is 0 Å². The van der Waals surface area contributed by atoms with Crippen molar-refractivity contribution in [3.05, 3.63) is 35.4 Å².